The van der Waals surface area contributed by atoms with Crippen LogP contribution in [0.4, 0.5) is 18.9 Å². The molecule has 2 N–H and O–H groups in total. The van der Waals surface area contributed by atoms with Crippen LogP contribution in [0.15, 0.2) is 36.8 Å². The molecule has 0 radical (unpaired) electrons. The number of carboxylic acids is 1. The van der Waals surface area contributed by atoms with Gasteiger partial charge in [-0.15, -0.1) is 5.10 Å². The number of nitrogens with zero attached hydrogens (tertiary/aromatic N) is 5. The molecule has 0 saturated heterocycles. The van der Waals surface area contributed by atoms with Gasteiger partial charge in [0.05, 0.1) is 18.2 Å². The van der Waals surface area contributed by atoms with Crippen molar-refractivity contribution in [3.8, 4) is 5.69 Å². The van der Waals surface area contributed by atoms with Crippen LogP contribution in [0.2, 0.25) is 0 Å². The second-order valence-corrected chi connectivity index (χ2v) is 5.81. The summed E-state index contributed by atoms with van der Waals surface area (Å²) in [6, 6.07) is 7.55. The van der Waals surface area contributed by atoms with Crippen LogP contribution in [-0.4, -0.2) is 47.7 Å². The number of carbonyl (C=O) groups is 2. The number of carboxylic acid groups (broad SMARTS) is 1. The molecule has 3 aromatic rings. The van der Waals surface area contributed by atoms with Crippen LogP contribution in [0.25, 0.3) is 5.69 Å². The van der Waals surface area contributed by atoms with Crippen molar-refractivity contribution in [3.63, 3.8) is 0 Å². The molecule has 1 aromatic carbocycles. The fourth-order valence-electron chi connectivity index (χ4n) is 2.11. The van der Waals surface area contributed by atoms with E-state index in [1.807, 2.05) is 42.7 Å². The van der Waals surface area contributed by atoms with Crippen LogP contribution in [0, 0.1) is 13.8 Å². The van der Waals surface area contributed by atoms with E-state index < -0.39 is 12.1 Å². The molecule has 2 heterocycles. The molecule has 0 bridgehead atoms. The maximum atomic E-state index is 12.0. The Kier molecular flexibility index (Phi) is 6.36. The molecule has 2 aromatic heterocycles. The smallest absolute Gasteiger partial charge is 0.475 e. The van der Waals surface area contributed by atoms with Gasteiger partial charge in [0.25, 0.3) is 5.91 Å². The number of benzene rings is 1. The molecule has 0 aliphatic heterocycles. The standard InChI is InChI=1S/C15H16N6O.C2HF3O2/c1-10-11(2)21(9-16-10)13-6-4-12(5-7-13)18-15(22)14-8-17-20(3)19-14;3-2(4,5)1(6)7/h4-9H,1-3H3,(H,18,22);(H,6,7). The molecule has 0 spiro atoms. The zero-order valence-electron chi connectivity index (χ0n) is 15.6. The lowest BCUT2D eigenvalue weighted by Gasteiger charge is -2.07. The van der Waals surface area contributed by atoms with Crippen LogP contribution in [0.3, 0.4) is 0 Å². The van der Waals surface area contributed by atoms with Gasteiger partial charge in [-0.25, -0.2) is 9.78 Å². The summed E-state index contributed by atoms with van der Waals surface area (Å²) >= 11 is 0. The lowest BCUT2D eigenvalue weighted by atomic mass is 10.2. The quantitative estimate of drug-likeness (QED) is 0.686. The van der Waals surface area contributed by atoms with Crippen molar-refractivity contribution in [1.82, 2.24) is 24.5 Å². The summed E-state index contributed by atoms with van der Waals surface area (Å²) in [7, 11) is 1.67. The molecular weight excluding hydrogens is 393 g/mol. The fraction of sp³-hybridized carbons (Fsp3) is 0.235. The third-order valence-corrected chi connectivity index (χ3v) is 3.73. The molecule has 9 nitrogen and oxygen atoms in total. The summed E-state index contributed by atoms with van der Waals surface area (Å²) in [5.74, 6) is -3.04. The van der Waals surface area contributed by atoms with Gasteiger partial charge in [-0.05, 0) is 38.1 Å². The van der Waals surface area contributed by atoms with Crippen molar-refractivity contribution in [2.75, 3.05) is 5.32 Å². The largest absolute Gasteiger partial charge is 0.490 e. The Labute approximate surface area is 162 Å². The zero-order valence-corrected chi connectivity index (χ0v) is 15.6. The van der Waals surface area contributed by atoms with Gasteiger partial charge in [-0.3, -0.25) is 4.79 Å². The summed E-state index contributed by atoms with van der Waals surface area (Å²) in [4.78, 5) is 26.5. The molecule has 29 heavy (non-hydrogen) atoms. The minimum Gasteiger partial charge on any atom is -0.475 e. The van der Waals surface area contributed by atoms with E-state index in [0.29, 0.717) is 5.69 Å². The van der Waals surface area contributed by atoms with Gasteiger partial charge >= 0.3 is 12.1 Å². The highest BCUT2D eigenvalue weighted by Gasteiger charge is 2.38. The maximum absolute atomic E-state index is 12.0. The van der Waals surface area contributed by atoms with Gasteiger partial charge in [0.15, 0.2) is 5.69 Å². The second-order valence-electron chi connectivity index (χ2n) is 5.81. The minimum absolute atomic E-state index is 0.282. The number of halogens is 3. The SMILES string of the molecule is Cc1ncn(-c2ccc(NC(=O)c3cnn(C)n3)cc2)c1C.O=C(O)C(F)(F)F. The Hall–Kier alpha value is -3.70. The van der Waals surface area contributed by atoms with E-state index in [1.54, 1.807) is 13.4 Å². The van der Waals surface area contributed by atoms with E-state index >= 15 is 0 Å². The second kappa shape index (κ2) is 8.54. The van der Waals surface area contributed by atoms with Crippen molar-refractivity contribution >= 4 is 17.6 Å². The molecule has 0 saturated carbocycles. The maximum Gasteiger partial charge on any atom is 0.490 e. The molecule has 0 aliphatic carbocycles. The Morgan fingerprint density at radius 2 is 1.72 bits per heavy atom. The summed E-state index contributed by atoms with van der Waals surface area (Å²) in [6.45, 7) is 3.99. The number of hydrogen-bond donors (Lipinski definition) is 2. The van der Waals surface area contributed by atoms with E-state index in [0.717, 1.165) is 17.1 Å². The Bertz CT molecular complexity index is 1010. The Morgan fingerprint density at radius 1 is 1.14 bits per heavy atom. The van der Waals surface area contributed by atoms with Crippen molar-refractivity contribution in [2.45, 2.75) is 20.0 Å². The highest BCUT2D eigenvalue weighted by atomic mass is 19.4. The molecule has 1 amide bonds. The molecule has 0 aliphatic rings. The number of alkyl halides is 3. The Balaban J connectivity index is 0.000000370. The topological polar surface area (TPSA) is 115 Å². The number of nitrogens with one attached hydrogen (secondary N) is 1. The number of aryl methyl sites for hydroxylation is 2. The third-order valence-electron chi connectivity index (χ3n) is 3.73. The predicted octanol–water partition coefficient (Wildman–Crippen LogP) is 2.50. The highest BCUT2D eigenvalue weighted by molar-refractivity contribution is 6.02. The number of imidazole rings is 1. The first kappa shape index (κ1) is 21.6. The van der Waals surface area contributed by atoms with E-state index in [9.17, 15) is 18.0 Å². The van der Waals surface area contributed by atoms with Crippen LogP contribution < -0.4 is 5.32 Å². The Morgan fingerprint density at radius 3 is 2.14 bits per heavy atom. The molecule has 0 atom stereocenters. The average molecular weight is 410 g/mol. The fourth-order valence-corrected chi connectivity index (χ4v) is 2.11. The molecule has 12 heteroatoms. The molecule has 0 fully saturated rings. The van der Waals surface area contributed by atoms with Crippen LogP contribution in [-0.2, 0) is 11.8 Å². The van der Waals surface area contributed by atoms with Gasteiger partial charge in [0.1, 0.15) is 0 Å². The number of anilines is 1. The zero-order chi connectivity index (χ0) is 21.8. The van der Waals surface area contributed by atoms with Crippen molar-refractivity contribution < 1.29 is 27.9 Å². The monoisotopic (exact) mass is 410 g/mol. The molecule has 3 rings (SSSR count). The first-order valence-electron chi connectivity index (χ1n) is 8.08. The van der Waals surface area contributed by atoms with Crippen LogP contribution in [0.1, 0.15) is 21.9 Å². The number of amides is 1. The summed E-state index contributed by atoms with van der Waals surface area (Å²) in [5.41, 5.74) is 4.08. The number of carbonyl (C=O) groups excluding carboxylic acids is 1. The van der Waals surface area contributed by atoms with E-state index in [2.05, 4.69) is 20.5 Å². The molecule has 0 unspecified atom stereocenters. The average Bonchev–Trinajstić information content (AvgIpc) is 3.22. The van der Waals surface area contributed by atoms with Gasteiger partial charge in [-0.2, -0.15) is 23.1 Å². The molecule has 154 valence electrons. The first-order chi connectivity index (χ1) is 13.5. The number of aromatic nitrogens is 5. The number of hydrogen-bond acceptors (Lipinski definition) is 5. The summed E-state index contributed by atoms with van der Waals surface area (Å²) < 4.78 is 33.7. The number of aliphatic carboxylic acids is 1. The third kappa shape index (κ3) is 5.64. The van der Waals surface area contributed by atoms with Gasteiger partial charge in [0, 0.05) is 24.1 Å². The number of rotatable bonds is 3. The van der Waals surface area contributed by atoms with E-state index in [1.165, 1.54) is 11.0 Å². The lowest BCUT2D eigenvalue weighted by molar-refractivity contribution is -0.192. The normalized spacial score (nSPS) is 10.8. The van der Waals surface area contributed by atoms with Crippen LogP contribution in [0.5, 0.6) is 0 Å². The lowest BCUT2D eigenvalue weighted by Crippen LogP contribution is -2.21. The van der Waals surface area contributed by atoms with Gasteiger partial charge in [0.2, 0.25) is 0 Å². The predicted molar refractivity (Wildman–Crippen MR) is 95.7 cm³/mol. The van der Waals surface area contributed by atoms with Gasteiger partial charge < -0.3 is 15.0 Å². The van der Waals surface area contributed by atoms with Crippen molar-refractivity contribution in [2.24, 2.45) is 7.05 Å². The summed E-state index contributed by atoms with van der Waals surface area (Å²) in [6.07, 6.45) is -1.86. The highest BCUT2D eigenvalue weighted by Crippen LogP contribution is 2.17. The molecular formula is C17H17F3N6O3. The van der Waals surface area contributed by atoms with E-state index in [-0.39, 0.29) is 11.6 Å². The van der Waals surface area contributed by atoms with Crippen molar-refractivity contribution in [3.05, 3.63) is 53.9 Å². The van der Waals surface area contributed by atoms with Gasteiger partial charge in [-0.1, -0.05) is 0 Å². The summed E-state index contributed by atoms with van der Waals surface area (Å²) in [5, 5.41) is 17.8. The first-order valence-corrected chi connectivity index (χ1v) is 8.08. The minimum atomic E-state index is -5.08. The van der Waals surface area contributed by atoms with Crippen molar-refractivity contribution in [1.29, 1.82) is 0 Å². The van der Waals surface area contributed by atoms with Crippen LogP contribution >= 0.6 is 0 Å². The van der Waals surface area contributed by atoms with E-state index in [4.69, 9.17) is 9.90 Å².